The Labute approximate surface area is 139 Å². The molecule has 2 rings (SSSR count). The number of anilines is 1. The molecular formula is C16H16ClN3OS. The highest BCUT2D eigenvalue weighted by Crippen LogP contribution is 2.19. The Kier molecular flexibility index (Phi) is 6.30. The number of rotatable bonds is 6. The van der Waals surface area contributed by atoms with E-state index in [-0.39, 0.29) is 12.5 Å². The van der Waals surface area contributed by atoms with Crippen LogP contribution in [0.15, 0.2) is 58.5 Å². The van der Waals surface area contributed by atoms with Gasteiger partial charge < -0.3 is 5.32 Å². The van der Waals surface area contributed by atoms with Crippen LogP contribution in [-0.4, -0.2) is 24.9 Å². The smallest absolute Gasteiger partial charge is 0.259 e. The van der Waals surface area contributed by atoms with Gasteiger partial charge in [0.05, 0.1) is 23.5 Å². The molecule has 0 unspecified atom stereocenters. The summed E-state index contributed by atoms with van der Waals surface area (Å²) >= 11 is 7.67. The maximum atomic E-state index is 11.7. The van der Waals surface area contributed by atoms with Crippen molar-refractivity contribution in [2.75, 3.05) is 18.1 Å². The predicted molar refractivity (Wildman–Crippen MR) is 93.9 cm³/mol. The molecule has 0 atom stereocenters. The molecule has 4 nitrogen and oxygen atoms in total. The van der Waals surface area contributed by atoms with Crippen molar-refractivity contribution < 1.29 is 4.79 Å². The zero-order valence-electron chi connectivity index (χ0n) is 12.0. The third-order valence-corrected chi connectivity index (χ3v) is 3.91. The number of hydrogen-bond donors (Lipinski definition) is 2. The number of amides is 1. The third-order valence-electron chi connectivity index (χ3n) is 2.83. The van der Waals surface area contributed by atoms with Gasteiger partial charge in [0.1, 0.15) is 0 Å². The molecule has 0 bridgehead atoms. The van der Waals surface area contributed by atoms with Crippen molar-refractivity contribution in [2.45, 2.75) is 4.90 Å². The standard InChI is InChI=1S/C16H16ClN3OS/c1-22-13-8-6-12(7-9-13)10-19-20-16(21)11-18-15-5-3-2-4-14(15)17/h2-10,18H,11H2,1H3,(H,20,21). The summed E-state index contributed by atoms with van der Waals surface area (Å²) in [6.07, 6.45) is 3.63. The van der Waals surface area contributed by atoms with Crippen molar-refractivity contribution in [3.05, 3.63) is 59.1 Å². The fraction of sp³-hybridized carbons (Fsp3) is 0.125. The SMILES string of the molecule is CSc1ccc(C=NNC(=O)CNc2ccccc2Cl)cc1. The molecule has 0 aliphatic heterocycles. The zero-order chi connectivity index (χ0) is 15.8. The van der Waals surface area contributed by atoms with Crippen molar-refractivity contribution in [1.29, 1.82) is 0 Å². The zero-order valence-corrected chi connectivity index (χ0v) is 13.6. The number of hydrogen-bond acceptors (Lipinski definition) is 4. The van der Waals surface area contributed by atoms with Crippen LogP contribution in [0.4, 0.5) is 5.69 Å². The first kappa shape index (κ1) is 16.4. The van der Waals surface area contributed by atoms with Gasteiger partial charge in [0.25, 0.3) is 5.91 Å². The first-order chi connectivity index (χ1) is 10.7. The van der Waals surface area contributed by atoms with Crippen molar-refractivity contribution in [3.8, 4) is 0 Å². The molecule has 0 saturated carbocycles. The van der Waals surface area contributed by atoms with Gasteiger partial charge in [0.2, 0.25) is 0 Å². The van der Waals surface area contributed by atoms with Crippen LogP contribution < -0.4 is 10.7 Å². The van der Waals surface area contributed by atoms with E-state index in [1.807, 2.05) is 48.7 Å². The van der Waals surface area contributed by atoms with Crippen molar-refractivity contribution >= 4 is 41.2 Å². The third kappa shape index (κ3) is 5.09. The lowest BCUT2D eigenvalue weighted by Crippen LogP contribution is -2.25. The van der Waals surface area contributed by atoms with Gasteiger partial charge in [-0.1, -0.05) is 35.9 Å². The number of thioether (sulfide) groups is 1. The van der Waals surface area contributed by atoms with Crippen molar-refractivity contribution in [2.24, 2.45) is 5.10 Å². The van der Waals surface area contributed by atoms with E-state index in [2.05, 4.69) is 15.8 Å². The van der Waals surface area contributed by atoms with Gasteiger partial charge in [-0.25, -0.2) is 5.43 Å². The van der Waals surface area contributed by atoms with Gasteiger partial charge in [-0.3, -0.25) is 4.79 Å². The highest BCUT2D eigenvalue weighted by molar-refractivity contribution is 7.98. The summed E-state index contributed by atoms with van der Waals surface area (Å²) < 4.78 is 0. The fourth-order valence-corrected chi connectivity index (χ4v) is 2.30. The lowest BCUT2D eigenvalue weighted by Gasteiger charge is -2.06. The van der Waals surface area contributed by atoms with Gasteiger partial charge >= 0.3 is 0 Å². The highest BCUT2D eigenvalue weighted by atomic mass is 35.5. The number of hydrazone groups is 1. The summed E-state index contributed by atoms with van der Waals surface area (Å²) in [5.41, 5.74) is 4.12. The summed E-state index contributed by atoms with van der Waals surface area (Å²) in [6.45, 7) is 0.104. The maximum absolute atomic E-state index is 11.7. The quantitative estimate of drug-likeness (QED) is 0.482. The molecule has 0 aliphatic carbocycles. The summed E-state index contributed by atoms with van der Waals surface area (Å²) in [7, 11) is 0. The number of halogens is 1. The topological polar surface area (TPSA) is 53.5 Å². The second-order valence-electron chi connectivity index (χ2n) is 4.40. The summed E-state index contributed by atoms with van der Waals surface area (Å²) in [5.74, 6) is -0.239. The van der Waals surface area contributed by atoms with E-state index >= 15 is 0 Å². The molecule has 2 aromatic carbocycles. The molecule has 114 valence electrons. The normalized spacial score (nSPS) is 10.6. The van der Waals surface area contributed by atoms with Crippen LogP contribution in [0.3, 0.4) is 0 Å². The monoisotopic (exact) mass is 333 g/mol. The summed E-state index contributed by atoms with van der Waals surface area (Å²) in [5, 5.41) is 7.46. The van der Waals surface area contributed by atoms with E-state index in [0.717, 1.165) is 11.3 Å². The molecule has 0 radical (unpaired) electrons. The molecular weight excluding hydrogens is 318 g/mol. The minimum atomic E-state index is -0.239. The lowest BCUT2D eigenvalue weighted by atomic mass is 10.2. The molecule has 2 N–H and O–H groups in total. The number of para-hydroxylation sites is 1. The maximum Gasteiger partial charge on any atom is 0.259 e. The van der Waals surface area contributed by atoms with E-state index in [1.165, 1.54) is 4.90 Å². The van der Waals surface area contributed by atoms with Crippen molar-refractivity contribution in [3.63, 3.8) is 0 Å². The molecule has 2 aromatic rings. The highest BCUT2D eigenvalue weighted by Gasteiger charge is 2.02. The summed E-state index contributed by atoms with van der Waals surface area (Å²) in [6, 6.07) is 15.2. The molecule has 0 aliphatic rings. The molecule has 0 aromatic heterocycles. The average molecular weight is 334 g/mol. The minimum absolute atomic E-state index is 0.104. The number of benzene rings is 2. The van der Waals surface area contributed by atoms with Gasteiger partial charge in [0, 0.05) is 4.90 Å². The van der Waals surface area contributed by atoms with Gasteiger partial charge in [-0.05, 0) is 36.1 Å². The molecule has 6 heteroatoms. The van der Waals surface area contributed by atoms with E-state index in [4.69, 9.17) is 11.6 Å². The number of nitrogens with zero attached hydrogens (tertiary/aromatic N) is 1. The Balaban J connectivity index is 1.79. The molecule has 1 amide bonds. The Bertz CT molecular complexity index is 659. The average Bonchev–Trinajstić information content (AvgIpc) is 2.55. The van der Waals surface area contributed by atoms with E-state index < -0.39 is 0 Å². The summed E-state index contributed by atoms with van der Waals surface area (Å²) in [4.78, 5) is 12.9. The Morgan fingerprint density at radius 1 is 1.23 bits per heavy atom. The van der Waals surface area contributed by atoms with Gasteiger partial charge in [0.15, 0.2) is 0 Å². The number of nitrogens with one attached hydrogen (secondary N) is 2. The Morgan fingerprint density at radius 3 is 2.64 bits per heavy atom. The van der Waals surface area contributed by atoms with Crippen LogP contribution in [-0.2, 0) is 4.79 Å². The van der Waals surface area contributed by atoms with Crippen LogP contribution in [0.1, 0.15) is 5.56 Å². The second kappa shape index (κ2) is 8.46. The molecule has 0 fully saturated rings. The Morgan fingerprint density at radius 2 is 1.95 bits per heavy atom. The van der Waals surface area contributed by atoms with E-state index in [0.29, 0.717) is 5.02 Å². The number of carbonyl (C=O) groups excluding carboxylic acids is 1. The largest absolute Gasteiger partial charge is 0.375 e. The second-order valence-corrected chi connectivity index (χ2v) is 5.69. The van der Waals surface area contributed by atoms with Crippen LogP contribution in [0.2, 0.25) is 5.02 Å². The molecule has 0 saturated heterocycles. The van der Waals surface area contributed by atoms with Crippen LogP contribution >= 0.6 is 23.4 Å². The minimum Gasteiger partial charge on any atom is -0.375 e. The fourth-order valence-electron chi connectivity index (χ4n) is 1.69. The van der Waals surface area contributed by atoms with Crippen LogP contribution in [0, 0.1) is 0 Å². The van der Waals surface area contributed by atoms with Gasteiger partial charge in [-0.15, -0.1) is 11.8 Å². The Hall–Kier alpha value is -1.98. The molecule has 0 spiro atoms. The van der Waals surface area contributed by atoms with Gasteiger partial charge in [-0.2, -0.15) is 5.10 Å². The van der Waals surface area contributed by atoms with Crippen LogP contribution in [0.5, 0.6) is 0 Å². The first-order valence-corrected chi connectivity index (χ1v) is 8.23. The molecule has 22 heavy (non-hydrogen) atoms. The van der Waals surface area contributed by atoms with Crippen molar-refractivity contribution in [1.82, 2.24) is 5.43 Å². The van der Waals surface area contributed by atoms with E-state index in [9.17, 15) is 4.79 Å². The first-order valence-electron chi connectivity index (χ1n) is 6.63. The van der Waals surface area contributed by atoms with Crippen LogP contribution in [0.25, 0.3) is 0 Å². The predicted octanol–water partition coefficient (Wildman–Crippen LogP) is 3.62. The lowest BCUT2D eigenvalue weighted by molar-refractivity contribution is -0.119. The van der Waals surface area contributed by atoms with E-state index in [1.54, 1.807) is 24.0 Å². The number of carbonyl (C=O) groups is 1. The molecule has 0 heterocycles.